The number of aliphatic hydroxyl groups excluding tert-OH is 5. The number of aliphatic carboxylic acids is 1. The maximum atomic E-state index is 10.1. The highest BCUT2D eigenvalue weighted by molar-refractivity contribution is 5.72. The summed E-state index contributed by atoms with van der Waals surface area (Å²) in [4.78, 5) is 10.1. The molecule has 0 bridgehead atoms. The third kappa shape index (κ3) is 5.65. The summed E-state index contributed by atoms with van der Waals surface area (Å²) in [5.74, 6) is -1.73. The summed E-state index contributed by atoms with van der Waals surface area (Å²) in [6, 6.07) is 0. The molecule has 0 saturated carbocycles. The lowest BCUT2D eigenvalue weighted by Gasteiger charge is -2.23. The molecule has 0 aromatic rings. The zero-order valence-electron chi connectivity index (χ0n) is 8.61. The van der Waals surface area contributed by atoms with E-state index in [-0.39, 0.29) is 0 Å². The molecule has 0 aromatic carbocycles. The van der Waals surface area contributed by atoms with Crippen LogP contribution in [0.3, 0.4) is 0 Å². The monoisotopic (exact) mass is 226 g/mol. The number of carboxylic acids is 1. The maximum absolute atomic E-state index is 10.1. The molecule has 7 heteroatoms. The quantitative estimate of drug-likeness (QED) is 0.305. The first kappa shape index (κ1) is 16.7. The Kier molecular flexibility index (Phi) is 9.53. The zero-order valence-corrected chi connectivity index (χ0v) is 8.61. The number of hydrogen-bond acceptors (Lipinski definition) is 6. The SMILES string of the molecule is CC.O=C(O)[C@H](O)[C@@H](O)[C@H](O)[C@H](O)CO. The topological polar surface area (TPSA) is 138 Å². The van der Waals surface area contributed by atoms with E-state index in [2.05, 4.69) is 0 Å². The standard InChI is InChI=1S/C6H12O7.C2H6/c7-1-2(8)3(9)4(10)5(11)6(12)13;1-2/h2-5,7-11H,1H2,(H,12,13);1-2H3/t2-,3-,4+,5-;/m1./s1. The van der Waals surface area contributed by atoms with Crippen molar-refractivity contribution < 1.29 is 35.4 Å². The Hall–Kier alpha value is -0.730. The number of rotatable bonds is 5. The summed E-state index contributed by atoms with van der Waals surface area (Å²) < 4.78 is 0. The van der Waals surface area contributed by atoms with Crippen molar-refractivity contribution in [3.8, 4) is 0 Å². The molecule has 0 aliphatic heterocycles. The van der Waals surface area contributed by atoms with Gasteiger partial charge in [-0.05, 0) is 0 Å². The van der Waals surface area contributed by atoms with Crippen LogP contribution in [0.2, 0.25) is 0 Å². The second kappa shape index (κ2) is 8.57. The van der Waals surface area contributed by atoms with Gasteiger partial charge < -0.3 is 30.6 Å². The van der Waals surface area contributed by atoms with Crippen molar-refractivity contribution in [2.45, 2.75) is 38.3 Å². The number of carbonyl (C=O) groups is 1. The summed E-state index contributed by atoms with van der Waals surface area (Å²) >= 11 is 0. The second-order valence-electron chi connectivity index (χ2n) is 2.51. The molecule has 0 aromatic heterocycles. The fraction of sp³-hybridized carbons (Fsp3) is 0.875. The summed E-state index contributed by atoms with van der Waals surface area (Å²) in [7, 11) is 0. The highest BCUT2D eigenvalue weighted by Gasteiger charge is 2.33. The van der Waals surface area contributed by atoms with E-state index in [9.17, 15) is 4.79 Å². The van der Waals surface area contributed by atoms with Crippen molar-refractivity contribution in [3.63, 3.8) is 0 Å². The molecule has 0 spiro atoms. The van der Waals surface area contributed by atoms with Gasteiger partial charge in [-0.1, -0.05) is 13.8 Å². The van der Waals surface area contributed by atoms with E-state index in [0.717, 1.165) is 0 Å². The van der Waals surface area contributed by atoms with Crippen molar-refractivity contribution >= 4 is 5.97 Å². The van der Waals surface area contributed by atoms with Crippen LogP contribution in [-0.2, 0) is 4.79 Å². The normalized spacial score (nSPS) is 18.1. The van der Waals surface area contributed by atoms with Crippen LogP contribution in [-0.4, -0.2) is 67.6 Å². The molecule has 0 aliphatic carbocycles. The second-order valence-corrected chi connectivity index (χ2v) is 2.51. The van der Waals surface area contributed by atoms with Crippen LogP contribution in [0.4, 0.5) is 0 Å². The highest BCUT2D eigenvalue weighted by atomic mass is 16.4. The van der Waals surface area contributed by atoms with Crippen LogP contribution in [0.15, 0.2) is 0 Å². The predicted molar refractivity (Wildman–Crippen MR) is 50.1 cm³/mol. The van der Waals surface area contributed by atoms with E-state index in [1.807, 2.05) is 13.8 Å². The third-order valence-corrected chi connectivity index (χ3v) is 1.51. The Labute approximate surface area is 87.2 Å². The summed E-state index contributed by atoms with van der Waals surface area (Å²) in [5, 5.41) is 51.8. The first-order valence-corrected chi connectivity index (χ1v) is 4.47. The third-order valence-electron chi connectivity index (χ3n) is 1.51. The van der Waals surface area contributed by atoms with Gasteiger partial charge >= 0.3 is 5.97 Å². The Morgan fingerprint density at radius 3 is 1.73 bits per heavy atom. The molecule has 0 aliphatic rings. The average Bonchev–Trinajstić information content (AvgIpc) is 2.27. The van der Waals surface area contributed by atoms with E-state index in [0.29, 0.717) is 0 Å². The van der Waals surface area contributed by atoms with Crippen LogP contribution in [0, 0.1) is 0 Å². The van der Waals surface area contributed by atoms with Crippen molar-refractivity contribution in [2.75, 3.05) is 6.61 Å². The van der Waals surface area contributed by atoms with Crippen LogP contribution in [0.1, 0.15) is 13.8 Å². The fourth-order valence-electron chi connectivity index (χ4n) is 0.668. The van der Waals surface area contributed by atoms with Gasteiger partial charge in [-0.15, -0.1) is 0 Å². The summed E-state index contributed by atoms with van der Waals surface area (Å²) in [6.07, 6.45) is -7.84. The molecule has 0 rings (SSSR count). The molecular weight excluding hydrogens is 208 g/mol. The molecule has 0 saturated heterocycles. The van der Waals surface area contributed by atoms with Gasteiger partial charge in [0.1, 0.15) is 18.3 Å². The molecule has 0 unspecified atom stereocenters. The van der Waals surface area contributed by atoms with E-state index < -0.39 is 37.0 Å². The molecule has 6 N–H and O–H groups in total. The molecule has 7 nitrogen and oxygen atoms in total. The molecule has 0 radical (unpaired) electrons. The maximum Gasteiger partial charge on any atom is 0.335 e. The lowest BCUT2D eigenvalue weighted by atomic mass is 10.0. The minimum Gasteiger partial charge on any atom is -0.479 e. The van der Waals surface area contributed by atoms with E-state index in [4.69, 9.17) is 30.6 Å². The van der Waals surface area contributed by atoms with Crippen LogP contribution in [0.5, 0.6) is 0 Å². The largest absolute Gasteiger partial charge is 0.479 e. The van der Waals surface area contributed by atoms with Gasteiger partial charge in [-0.2, -0.15) is 0 Å². The van der Waals surface area contributed by atoms with Crippen molar-refractivity contribution in [1.82, 2.24) is 0 Å². The Morgan fingerprint density at radius 2 is 1.47 bits per heavy atom. The number of carboxylic acid groups (broad SMARTS) is 1. The number of hydrogen-bond donors (Lipinski definition) is 6. The van der Waals surface area contributed by atoms with E-state index >= 15 is 0 Å². The Bertz CT molecular complexity index is 172. The van der Waals surface area contributed by atoms with E-state index in [1.54, 1.807) is 0 Å². The highest BCUT2D eigenvalue weighted by Crippen LogP contribution is 2.04. The summed E-state index contributed by atoms with van der Waals surface area (Å²) in [5.41, 5.74) is 0. The minimum atomic E-state index is -2.20. The lowest BCUT2D eigenvalue weighted by Crippen LogP contribution is -2.48. The van der Waals surface area contributed by atoms with Crippen molar-refractivity contribution in [2.24, 2.45) is 0 Å². The summed E-state index contributed by atoms with van der Waals surface area (Å²) in [6.45, 7) is 3.16. The van der Waals surface area contributed by atoms with Gasteiger partial charge in [-0.3, -0.25) is 0 Å². The van der Waals surface area contributed by atoms with E-state index in [1.165, 1.54) is 0 Å². The first-order chi connectivity index (χ1) is 6.91. The smallest absolute Gasteiger partial charge is 0.335 e. The van der Waals surface area contributed by atoms with Crippen LogP contribution >= 0.6 is 0 Å². The predicted octanol–water partition coefficient (Wildman–Crippen LogP) is -2.47. The molecule has 0 fully saturated rings. The van der Waals surface area contributed by atoms with Gasteiger partial charge in [-0.25, -0.2) is 4.79 Å². The van der Waals surface area contributed by atoms with Gasteiger partial charge in [0, 0.05) is 0 Å². The molecule has 0 heterocycles. The van der Waals surface area contributed by atoms with Crippen LogP contribution in [0.25, 0.3) is 0 Å². The van der Waals surface area contributed by atoms with Gasteiger partial charge in [0.05, 0.1) is 6.61 Å². The fourth-order valence-corrected chi connectivity index (χ4v) is 0.668. The average molecular weight is 226 g/mol. The molecule has 0 amide bonds. The Balaban J connectivity index is 0. The van der Waals surface area contributed by atoms with Crippen molar-refractivity contribution in [3.05, 3.63) is 0 Å². The van der Waals surface area contributed by atoms with Gasteiger partial charge in [0.25, 0.3) is 0 Å². The van der Waals surface area contributed by atoms with Gasteiger partial charge in [0.15, 0.2) is 6.10 Å². The van der Waals surface area contributed by atoms with Crippen LogP contribution < -0.4 is 0 Å². The molecule has 4 atom stereocenters. The zero-order chi connectivity index (χ0) is 12.6. The van der Waals surface area contributed by atoms with Crippen molar-refractivity contribution in [1.29, 1.82) is 0 Å². The first-order valence-electron chi connectivity index (χ1n) is 4.47. The Morgan fingerprint density at radius 1 is 1.07 bits per heavy atom. The molecular formula is C8H18O7. The molecule has 15 heavy (non-hydrogen) atoms. The van der Waals surface area contributed by atoms with Gasteiger partial charge in [0.2, 0.25) is 0 Å². The lowest BCUT2D eigenvalue weighted by molar-refractivity contribution is -0.164. The minimum absolute atomic E-state index is 0.843. The molecule has 92 valence electrons. The number of aliphatic hydroxyl groups is 5.